The highest BCUT2D eigenvalue weighted by Gasteiger charge is 2.31. The van der Waals surface area contributed by atoms with Crippen LogP contribution >= 0.6 is 0 Å². The molecule has 0 spiro atoms. The summed E-state index contributed by atoms with van der Waals surface area (Å²) in [5.74, 6) is -1.36. The van der Waals surface area contributed by atoms with Crippen LogP contribution in [-0.4, -0.2) is 36.1 Å². The lowest BCUT2D eigenvalue weighted by Crippen LogP contribution is -2.52. The Labute approximate surface area is 168 Å². The second kappa shape index (κ2) is 7.79. The average molecular weight is 396 g/mol. The smallest absolute Gasteiger partial charge is 0.255 e. The van der Waals surface area contributed by atoms with E-state index in [1.165, 1.54) is 12.1 Å². The first kappa shape index (κ1) is 19.3. The molecule has 1 saturated heterocycles. The summed E-state index contributed by atoms with van der Waals surface area (Å²) in [6, 6.07) is 14.3. The molecule has 0 saturated carbocycles. The summed E-state index contributed by atoms with van der Waals surface area (Å²) < 4.78 is 32.6. The highest BCUT2D eigenvalue weighted by Crippen LogP contribution is 2.31. The van der Waals surface area contributed by atoms with Gasteiger partial charge in [-0.25, -0.2) is 8.78 Å². The number of rotatable bonds is 3. The van der Waals surface area contributed by atoms with Crippen molar-refractivity contribution in [2.45, 2.75) is 25.9 Å². The van der Waals surface area contributed by atoms with Crippen LogP contribution in [0.4, 0.5) is 20.2 Å². The molecule has 1 N–H and O–H groups in total. The zero-order chi connectivity index (χ0) is 20.5. The van der Waals surface area contributed by atoms with Crippen molar-refractivity contribution in [3.05, 3.63) is 71.8 Å². The Balaban J connectivity index is 1.74. The van der Waals surface area contributed by atoms with Crippen molar-refractivity contribution in [3.8, 4) is 0 Å². The number of hydrogen-bond acceptors (Lipinski definition) is 3. The number of nitrogens with zero attached hydrogens (tertiary/aromatic N) is 1. The molecule has 4 rings (SSSR count). The number of benzene rings is 3. The molecule has 2 unspecified atom stereocenters. The second-order valence-corrected chi connectivity index (χ2v) is 7.44. The molecule has 0 aromatic heterocycles. The van der Waals surface area contributed by atoms with Gasteiger partial charge in [-0.3, -0.25) is 4.79 Å². The minimum Gasteiger partial charge on any atom is -0.377 e. The maximum Gasteiger partial charge on any atom is 0.255 e. The first-order valence-corrected chi connectivity index (χ1v) is 9.59. The number of ether oxygens (including phenoxy) is 1. The highest BCUT2D eigenvalue weighted by molar-refractivity contribution is 6.10. The van der Waals surface area contributed by atoms with Gasteiger partial charge in [0.05, 0.1) is 25.3 Å². The summed E-state index contributed by atoms with van der Waals surface area (Å²) in [5, 5.41) is 4.65. The van der Waals surface area contributed by atoms with Crippen LogP contribution in [0.1, 0.15) is 24.2 Å². The van der Waals surface area contributed by atoms with E-state index < -0.39 is 11.6 Å². The van der Waals surface area contributed by atoms with E-state index in [4.69, 9.17) is 4.74 Å². The third kappa shape index (κ3) is 3.80. The number of carbonyl (C=O) groups excluding carboxylic acids is 1. The monoisotopic (exact) mass is 396 g/mol. The molecule has 0 radical (unpaired) electrons. The van der Waals surface area contributed by atoms with Gasteiger partial charge in [0.15, 0.2) is 0 Å². The van der Waals surface area contributed by atoms with Crippen molar-refractivity contribution < 1.29 is 18.3 Å². The van der Waals surface area contributed by atoms with Crippen LogP contribution in [-0.2, 0) is 4.74 Å². The van der Waals surface area contributed by atoms with E-state index in [9.17, 15) is 13.6 Å². The fourth-order valence-corrected chi connectivity index (χ4v) is 3.92. The predicted octanol–water partition coefficient (Wildman–Crippen LogP) is 5.11. The van der Waals surface area contributed by atoms with E-state index in [2.05, 4.69) is 5.32 Å². The normalized spacial score (nSPS) is 19.4. The molecule has 3 aromatic carbocycles. The van der Waals surface area contributed by atoms with Crippen LogP contribution in [0.15, 0.2) is 54.6 Å². The molecule has 1 fully saturated rings. The second-order valence-electron chi connectivity index (χ2n) is 7.44. The zero-order valence-electron chi connectivity index (χ0n) is 16.3. The minimum atomic E-state index is -0.654. The number of carbonyl (C=O) groups is 1. The SMILES string of the molecule is CC1COCC(C)N1C(=O)c1ccc(Nc2cc(F)cc(F)c2)c2ccccc12. The molecule has 0 aliphatic carbocycles. The third-order valence-corrected chi connectivity index (χ3v) is 5.20. The molecule has 6 heteroatoms. The van der Waals surface area contributed by atoms with Gasteiger partial charge in [0.25, 0.3) is 5.91 Å². The maximum atomic E-state index is 13.6. The summed E-state index contributed by atoms with van der Waals surface area (Å²) in [5.41, 5.74) is 1.57. The molecule has 2 atom stereocenters. The molecule has 0 bridgehead atoms. The lowest BCUT2D eigenvalue weighted by atomic mass is 10.00. The van der Waals surface area contributed by atoms with Crippen LogP contribution in [0.25, 0.3) is 10.8 Å². The Morgan fingerprint density at radius 2 is 1.59 bits per heavy atom. The van der Waals surface area contributed by atoms with Gasteiger partial charge in [0.2, 0.25) is 0 Å². The van der Waals surface area contributed by atoms with Gasteiger partial charge in [0.1, 0.15) is 11.6 Å². The molecule has 1 heterocycles. The lowest BCUT2D eigenvalue weighted by Gasteiger charge is -2.39. The number of amides is 1. The number of halogens is 2. The highest BCUT2D eigenvalue weighted by atomic mass is 19.1. The average Bonchev–Trinajstić information content (AvgIpc) is 2.67. The molecule has 150 valence electrons. The fraction of sp³-hybridized carbons (Fsp3) is 0.261. The number of fused-ring (bicyclic) bond motifs is 1. The molecular weight excluding hydrogens is 374 g/mol. The predicted molar refractivity (Wildman–Crippen MR) is 110 cm³/mol. The van der Waals surface area contributed by atoms with Crippen molar-refractivity contribution in [1.82, 2.24) is 4.90 Å². The fourth-order valence-electron chi connectivity index (χ4n) is 3.92. The van der Waals surface area contributed by atoms with Gasteiger partial charge in [-0.1, -0.05) is 24.3 Å². The first-order chi connectivity index (χ1) is 13.9. The Hall–Kier alpha value is -2.99. The molecule has 4 nitrogen and oxygen atoms in total. The first-order valence-electron chi connectivity index (χ1n) is 9.59. The van der Waals surface area contributed by atoms with Crippen molar-refractivity contribution in [2.24, 2.45) is 0 Å². The Kier molecular flexibility index (Phi) is 5.20. The van der Waals surface area contributed by atoms with Gasteiger partial charge >= 0.3 is 0 Å². The quantitative estimate of drug-likeness (QED) is 0.669. The zero-order valence-corrected chi connectivity index (χ0v) is 16.3. The number of morpholine rings is 1. The van der Waals surface area contributed by atoms with Gasteiger partial charge in [-0.05, 0) is 43.5 Å². The molecule has 29 heavy (non-hydrogen) atoms. The molecule has 1 amide bonds. The molecule has 3 aromatic rings. The van der Waals surface area contributed by atoms with E-state index in [0.717, 1.165) is 16.8 Å². The summed E-state index contributed by atoms with van der Waals surface area (Å²) in [6.45, 7) is 4.98. The van der Waals surface area contributed by atoms with Crippen LogP contribution in [0.2, 0.25) is 0 Å². The molecule has 1 aliphatic rings. The van der Waals surface area contributed by atoms with Gasteiger partial charge in [-0.2, -0.15) is 0 Å². The maximum absolute atomic E-state index is 13.6. The Bertz CT molecular complexity index is 1040. The van der Waals surface area contributed by atoms with Crippen LogP contribution in [0.3, 0.4) is 0 Å². The molecular formula is C23H22F2N2O2. The topological polar surface area (TPSA) is 41.6 Å². The van der Waals surface area contributed by atoms with Crippen molar-refractivity contribution in [1.29, 1.82) is 0 Å². The minimum absolute atomic E-state index is 0.0157. The largest absolute Gasteiger partial charge is 0.377 e. The number of hydrogen-bond donors (Lipinski definition) is 1. The summed E-state index contributed by atoms with van der Waals surface area (Å²) in [7, 11) is 0. The van der Waals surface area contributed by atoms with Crippen molar-refractivity contribution >= 4 is 28.1 Å². The Morgan fingerprint density at radius 1 is 0.966 bits per heavy atom. The van der Waals surface area contributed by atoms with E-state index in [1.54, 1.807) is 12.1 Å². The summed E-state index contributed by atoms with van der Waals surface area (Å²) in [4.78, 5) is 15.2. The molecule has 1 aliphatic heterocycles. The van der Waals surface area contributed by atoms with Crippen molar-refractivity contribution in [2.75, 3.05) is 18.5 Å². The van der Waals surface area contributed by atoms with Crippen LogP contribution in [0, 0.1) is 11.6 Å². The number of anilines is 2. The van der Waals surface area contributed by atoms with Crippen LogP contribution in [0.5, 0.6) is 0 Å². The third-order valence-electron chi connectivity index (χ3n) is 5.20. The number of nitrogens with one attached hydrogen (secondary N) is 1. The van der Waals surface area contributed by atoms with Gasteiger partial charge in [0, 0.05) is 28.4 Å². The van der Waals surface area contributed by atoms with Crippen LogP contribution < -0.4 is 5.32 Å². The summed E-state index contributed by atoms with van der Waals surface area (Å²) in [6.07, 6.45) is 0. The van der Waals surface area contributed by atoms with Gasteiger partial charge in [-0.15, -0.1) is 0 Å². The Morgan fingerprint density at radius 3 is 2.24 bits per heavy atom. The standard InChI is InChI=1S/C23H22F2N2O2/c1-14-12-29-13-15(2)27(14)23(28)21-7-8-22(20-6-4-3-5-19(20)21)26-18-10-16(24)9-17(25)11-18/h3-11,14-15,26H,12-13H2,1-2H3. The lowest BCUT2D eigenvalue weighted by molar-refractivity contribution is -0.0248. The van der Waals surface area contributed by atoms with E-state index in [0.29, 0.717) is 30.2 Å². The van der Waals surface area contributed by atoms with E-state index >= 15 is 0 Å². The van der Waals surface area contributed by atoms with E-state index in [-0.39, 0.29) is 18.0 Å². The van der Waals surface area contributed by atoms with E-state index in [1.807, 2.05) is 43.0 Å². The summed E-state index contributed by atoms with van der Waals surface area (Å²) >= 11 is 0. The van der Waals surface area contributed by atoms with Crippen molar-refractivity contribution in [3.63, 3.8) is 0 Å². The van der Waals surface area contributed by atoms with Gasteiger partial charge < -0.3 is 15.0 Å².